The Balaban J connectivity index is 1.22. The third-order valence-corrected chi connectivity index (χ3v) is 7.80. The maximum absolute atomic E-state index is 11.7. The summed E-state index contributed by atoms with van der Waals surface area (Å²) < 4.78 is 36.4. The summed E-state index contributed by atoms with van der Waals surface area (Å²) in [6, 6.07) is 13.4. The lowest BCUT2D eigenvalue weighted by Crippen LogP contribution is -2.48. The maximum Gasteiger partial charge on any atom is 0.230 e. The Morgan fingerprint density at radius 3 is 2.43 bits per heavy atom. The highest BCUT2D eigenvalue weighted by molar-refractivity contribution is 7.88. The van der Waals surface area contributed by atoms with E-state index in [0.717, 1.165) is 29.8 Å². The van der Waals surface area contributed by atoms with Crippen molar-refractivity contribution in [1.29, 1.82) is 0 Å². The Morgan fingerprint density at radius 2 is 1.76 bits per heavy atom. The molecular formula is C25H31N7O4S. The molecule has 0 amide bonds. The molecule has 2 aliphatic rings. The Morgan fingerprint density at radius 1 is 1.03 bits per heavy atom. The number of hydrogen-bond donors (Lipinski definition) is 2. The van der Waals surface area contributed by atoms with Crippen LogP contribution < -0.4 is 20.7 Å². The topological polar surface area (TPSA) is 136 Å². The second-order valence-corrected chi connectivity index (χ2v) is 11.1. The fourth-order valence-corrected chi connectivity index (χ4v) is 5.25. The normalized spacial score (nSPS) is 17.5. The Hall–Kier alpha value is -3.48. The largest absolute Gasteiger partial charge is 0.488 e. The van der Waals surface area contributed by atoms with E-state index in [-0.39, 0.29) is 6.10 Å². The lowest BCUT2D eigenvalue weighted by Gasteiger charge is -2.34. The molecular weight excluding hydrogens is 494 g/mol. The minimum absolute atomic E-state index is 0.110. The Kier molecular flexibility index (Phi) is 7.40. The molecule has 1 aromatic heterocycles. The van der Waals surface area contributed by atoms with Crippen LogP contribution in [0.3, 0.4) is 0 Å². The molecule has 0 aliphatic carbocycles. The van der Waals surface area contributed by atoms with E-state index in [1.165, 1.54) is 16.9 Å². The molecule has 0 unspecified atom stereocenters. The molecule has 0 radical (unpaired) electrons. The van der Waals surface area contributed by atoms with Gasteiger partial charge in [-0.05, 0) is 42.5 Å². The first-order chi connectivity index (χ1) is 17.8. The molecule has 0 saturated carbocycles. The molecule has 3 N–H and O–H groups in total. The number of piperazine rings is 1. The van der Waals surface area contributed by atoms with Gasteiger partial charge in [0.05, 0.1) is 25.2 Å². The summed E-state index contributed by atoms with van der Waals surface area (Å²) in [4.78, 5) is 15.3. The second kappa shape index (κ2) is 10.9. The smallest absolute Gasteiger partial charge is 0.230 e. The quantitative estimate of drug-likeness (QED) is 0.443. The molecule has 0 bridgehead atoms. The zero-order chi connectivity index (χ0) is 25.8. The number of nitrogens with zero attached hydrogens (tertiary/aromatic N) is 5. The molecule has 196 valence electrons. The third kappa shape index (κ3) is 6.27. The number of anilines is 4. The average Bonchev–Trinajstić information content (AvgIpc) is 2.91. The van der Waals surface area contributed by atoms with E-state index in [0.29, 0.717) is 62.6 Å². The van der Waals surface area contributed by atoms with Crippen LogP contribution in [0.25, 0.3) is 11.4 Å². The summed E-state index contributed by atoms with van der Waals surface area (Å²) in [7, 11) is -3.15. The molecule has 2 aliphatic heterocycles. The van der Waals surface area contributed by atoms with Crippen molar-refractivity contribution < 1.29 is 17.9 Å². The van der Waals surface area contributed by atoms with Crippen molar-refractivity contribution >= 4 is 33.0 Å². The van der Waals surface area contributed by atoms with E-state index in [4.69, 9.17) is 15.2 Å². The average molecular weight is 526 g/mol. The third-order valence-electron chi connectivity index (χ3n) is 6.50. The number of hydrogen-bond acceptors (Lipinski definition) is 10. The molecule has 11 nitrogen and oxygen atoms in total. The highest BCUT2D eigenvalue weighted by atomic mass is 32.2. The first-order valence-corrected chi connectivity index (χ1v) is 14.1. The van der Waals surface area contributed by atoms with Gasteiger partial charge in [0.25, 0.3) is 0 Å². The van der Waals surface area contributed by atoms with Crippen LogP contribution in [0.5, 0.6) is 5.75 Å². The van der Waals surface area contributed by atoms with Gasteiger partial charge in [0.1, 0.15) is 18.2 Å². The van der Waals surface area contributed by atoms with Crippen LogP contribution in [0.2, 0.25) is 0 Å². The van der Waals surface area contributed by atoms with Crippen molar-refractivity contribution in [1.82, 2.24) is 19.3 Å². The highest BCUT2D eigenvalue weighted by Gasteiger charge is 2.23. The molecule has 0 atom stereocenters. The van der Waals surface area contributed by atoms with Crippen molar-refractivity contribution in [3.8, 4) is 17.1 Å². The summed E-state index contributed by atoms with van der Waals surface area (Å²) in [5.41, 5.74) is 9.43. The predicted molar refractivity (Wildman–Crippen MR) is 142 cm³/mol. The number of benzene rings is 2. The lowest BCUT2D eigenvalue weighted by molar-refractivity contribution is 0.0259. The van der Waals surface area contributed by atoms with Crippen molar-refractivity contribution in [3.63, 3.8) is 0 Å². The van der Waals surface area contributed by atoms with Gasteiger partial charge in [-0.25, -0.2) is 18.4 Å². The maximum atomic E-state index is 11.7. The lowest BCUT2D eigenvalue weighted by atomic mass is 10.1. The van der Waals surface area contributed by atoms with Crippen LogP contribution in [-0.4, -0.2) is 79.4 Å². The fourth-order valence-electron chi connectivity index (χ4n) is 4.43. The van der Waals surface area contributed by atoms with Crippen LogP contribution in [0, 0.1) is 0 Å². The monoisotopic (exact) mass is 525 g/mol. The SMILES string of the molecule is CS(=O)(=O)N1CCN(c2ccc(Nc3ncnc(-c4ccc(OC5CCOCC5)c(N)c4)n3)cc2)CC1. The van der Waals surface area contributed by atoms with Crippen LogP contribution in [0.1, 0.15) is 12.8 Å². The van der Waals surface area contributed by atoms with Gasteiger partial charge in [0.2, 0.25) is 16.0 Å². The first kappa shape index (κ1) is 25.2. The van der Waals surface area contributed by atoms with Crippen molar-refractivity contribution in [2.45, 2.75) is 18.9 Å². The van der Waals surface area contributed by atoms with Gasteiger partial charge in [-0.15, -0.1) is 0 Å². The van der Waals surface area contributed by atoms with Gasteiger partial charge >= 0.3 is 0 Å². The molecule has 12 heteroatoms. The minimum Gasteiger partial charge on any atom is -0.488 e. The van der Waals surface area contributed by atoms with E-state index < -0.39 is 10.0 Å². The van der Waals surface area contributed by atoms with Crippen LogP contribution in [-0.2, 0) is 14.8 Å². The van der Waals surface area contributed by atoms with E-state index in [1.807, 2.05) is 42.5 Å². The van der Waals surface area contributed by atoms with Crippen molar-refractivity contribution in [3.05, 3.63) is 48.8 Å². The molecule has 3 heterocycles. The standard InChI is InChI=1S/C25H31N7O4S/c1-37(33,34)32-12-10-31(11-13-32)20-5-3-19(4-6-20)29-25-28-17-27-24(30-25)18-2-7-23(22(26)16-18)36-21-8-14-35-15-9-21/h2-7,16-17,21H,8-15,26H2,1H3,(H,27,28,29,30). The number of nitrogens with two attached hydrogens (primary N) is 1. The Labute approximate surface area is 216 Å². The second-order valence-electron chi connectivity index (χ2n) is 9.14. The molecule has 37 heavy (non-hydrogen) atoms. The van der Waals surface area contributed by atoms with Gasteiger partial charge in [0.15, 0.2) is 5.82 Å². The fraction of sp³-hybridized carbons (Fsp3) is 0.400. The van der Waals surface area contributed by atoms with E-state index >= 15 is 0 Å². The summed E-state index contributed by atoms with van der Waals surface area (Å²) in [6.45, 7) is 3.68. The molecule has 5 rings (SSSR count). The van der Waals surface area contributed by atoms with Gasteiger partial charge in [-0.2, -0.15) is 9.29 Å². The van der Waals surface area contributed by atoms with Crippen molar-refractivity contribution in [2.75, 3.05) is 61.6 Å². The molecule has 2 aromatic carbocycles. The number of aromatic nitrogens is 3. The molecule has 2 fully saturated rings. The van der Waals surface area contributed by atoms with Gasteiger partial charge in [-0.1, -0.05) is 0 Å². The minimum atomic E-state index is -3.15. The van der Waals surface area contributed by atoms with E-state index in [1.54, 1.807) is 0 Å². The van der Waals surface area contributed by atoms with Crippen LogP contribution >= 0.6 is 0 Å². The summed E-state index contributed by atoms with van der Waals surface area (Å²) in [5.74, 6) is 1.57. The van der Waals surface area contributed by atoms with E-state index in [9.17, 15) is 8.42 Å². The van der Waals surface area contributed by atoms with Gasteiger partial charge in [-0.3, -0.25) is 0 Å². The number of rotatable bonds is 7. The number of nitrogen functional groups attached to an aromatic ring is 1. The predicted octanol–water partition coefficient (Wildman–Crippen LogP) is 2.50. The van der Waals surface area contributed by atoms with E-state index in [2.05, 4.69) is 25.2 Å². The van der Waals surface area contributed by atoms with Gasteiger partial charge < -0.3 is 25.4 Å². The summed E-state index contributed by atoms with van der Waals surface area (Å²) >= 11 is 0. The molecule has 2 saturated heterocycles. The number of nitrogens with one attached hydrogen (secondary N) is 1. The highest BCUT2D eigenvalue weighted by Crippen LogP contribution is 2.29. The van der Waals surface area contributed by atoms with Gasteiger partial charge in [0, 0.05) is 56.0 Å². The zero-order valence-electron chi connectivity index (χ0n) is 20.7. The number of ether oxygens (including phenoxy) is 2. The molecule has 3 aromatic rings. The van der Waals surface area contributed by atoms with Crippen molar-refractivity contribution in [2.24, 2.45) is 0 Å². The zero-order valence-corrected chi connectivity index (χ0v) is 21.5. The Bertz CT molecular complexity index is 1320. The summed E-state index contributed by atoms with van der Waals surface area (Å²) in [5, 5.41) is 3.22. The van der Waals surface area contributed by atoms with Crippen LogP contribution in [0.15, 0.2) is 48.8 Å². The van der Waals surface area contributed by atoms with Crippen LogP contribution in [0.4, 0.5) is 23.0 Å². The molecule has 0 spiro atoms. The number of sulfonamides is 1. The first-order valence-electron chi connectivity index (χ1n) is 12.3. The summed E-state index contributed by atoms with van der Waals surface area (Å²) in [6.07, 6.45) is 4.53.